The molecule has 0 aromatic carbocycles. The minimum absolute atomic E-state index is 0.407. The van der Waals surface area contributed by atoms with Gasteiger partial charge in [-0.15, -0.1) is 0 Å². The van der Waals surface area contributed by atoms with Crippen LogP contribution in [0.3, 0.4) is 0 Å². The quantitative estimate of drug-likeness (QED) is 0.847. The van der Waals surface area contributed by atoms with Gasteiger partial charge < -0.3 is 14.5 Å². The van der Waals surface area contributed by atoms with E-state index in [1.165, 1.54) is 38.9 Å². The Kier molecular flexibility index (Phi) is 5.28. The number of nitrogens with zero attached hydrogens (tertiary/aromatic N) is 4. The molecule has 0 saturated carbocycles. The predicted molar refractivity (Wildman–Crippen MR) is 97.5 cm³/mol. The number of aromatic nitrogens is 2. The molecule has 5 nitrogen and oxygen atoms in total. The molecule has 0 N–H and O–H groups in total. The highest BCUT2D eigenvalue weighted by molar-refractivity contribution is 5.41. The number of anilines is 1. The summed E-state index contributed by atoms with van der Waals surface area (Å²) in [7, 11) is 1.65. The molecule has 2 aliphatic heterocycles. The molecule has 1 aromatic rings. The smallest absolute Gasteiger partial charge is 0.218 e. The van der Waals surface area contributed by atoms with E-state index in [0.717, 1.165) is 30.7 Å². The summed E-state index contributed by atoms with van der Waals surface area (Å²) in [5, 5.41) is 0. The number of piperidine rings is 1. The van der Waals surface area contributed by atoms with Gasteiger partial charge >= 0.3 is 0 Å². The lowest BCUT2D eigenvalue weighted by molar-refractivity contribution is 0.203. The van der Waals surface area contributed by atoms with Gasteiger partial charge in [0.15, 0.2) is 0 Å². The van der Waals surface area contributed by atoms with Gasteiger partial charge in [-0.1, -0.05) is 20.8 Å². The maximum absolute atomic E-state index is 5.22. The first-order valence-corrected chi connectivity index (χ1v) is 9.28. The van der Waals surface area contributed by atoms with Gasteiger partial charge in [-0.2, -0.15) is 0 Å². The van der Waals surface area contributed by atoms with Gasteiger partial charge in [0.2, 0.25) is 5.88 Å². The van der Waals surface area contributed by atoms with Crippen LogP contribution in [0.4, 0.5) is 5.82 Å². The van der Waals surface area contributed by atoms with E-state index in [0.29, 0.717) is 11.3 Å². The van der Waals surface area contributed by atoms with E-state index in [2.05, 4.69) is 40.5 Å². The number of ether oxygens (including phenoxy) is 1. The second-order valence-electron chi connectivity index (χ2n) is 8.59. The van der Waals surface area contributed by atoms with E-state index >= 15 is 0 Å². The Bertz CT molecular complexity index is 534. The Hall–Kier alpha value is -1.36. The van der Waals surface area contributed by atoms with Crippen LogP contribution < -0.4 is 9.64 Å². The second kappa shape index (κ2) is 7.26. The highest BCUT2D eigenvalue weighted by Gasteiger charge is 2.33. The van der Waals surface area contributed by atoms with Gasteiger partial charge in [-0.05, 0) is 43.1 Å². The fourth-order valence-electron chi connectivity index (χ4n) is 4.28. The third-order valence-electron chi connectivity index (χ3n) is 5.37. The highest BCUT2D eigenvalue weighted by atomic mass is 16.5. The third-order valence-corrected chi connectivity index (χ3v) is 5.37. The summed E-state index contributed by atoms with van der Waals surface area (Å²) >= 11 is 0. The maximum Gasteiger partial charge on any atom is 0.218 e. The van der Waals surface area contributed by atoms with Crippen LogP contribution in [0.2, 0.25) is 0 Å². The number of hydrogen-bond acceptors (Lipinski definition) is 5. The summed E-state index contributed by atoms with van der Waals surface area (Å²) in [6.45, 7) is 13.0. The number of likely N-dealkylation sites (tertiary alicyclic amines) is 1. The predicted octanol–water partition coefficient (Wildman–Crippen LogP) is 3.07. The zero-order valence-corrected chi connectivity index (χ0v) is 15.7. The van der Waals surface area contributed by atoms with Gasteiger partial charge in [0.05, 0.1) is 7.11 Å². The summed E-state index contributed by atoms with van der Waals surface area (Å²) in [6.07, 6.45) is 5.53. The van der Waals surface area contributed by atoms with Crippen LogP contribution in [-0.2, 0) is 0 Å². The highest BCUT2D eigenvalue weighted by Crippen LogP contribution is 2.34. The summed E-state index contributed by atoms with van der Waals surface area (Å²) in [5.41, 5.74) is 0.407. The monoisotopic (exact) mass is 332 g/mol. The standard InChI is InChI=1S/C19H32N4O/c1-19(2,3)13-22-8-5-16(12-22)15-6-9-23(10-7-15)17-11-18(24-4)21-14-20-17/h11,14-16H,5-10,12-13H2,1-4H3/t16-/m0/s1. The molecule has 3 heterocycles. The average molecular weight is 332 g/mol. The van der Waals surface area contributed by atoms with Crippen molar-refractivity contribution in [1.82, 2.24) is 14.9 Å². The third kappa shape index (κ3) is 4.38. The summed E-state index contributed by atoms with van der Waals surface area (Å²) in [6, 6.07) is 1.95. The SMILES string of the molecule is COc1cc(N2CCC([C@H]3CCN(CC(C)(C)C)C3)CC2)ncn1. The van der Waals surface area contributed by atoms with Crippen molar-refractivity contribution in [2.24, 2.45) is 17.3 Å². The molecule has 0 unspecified atom stereocenters. The van der Waals surface area contributed by atoms with Gasteiger partial charge in [0.1, 0.15) is 12.1 Å². The molecule has 0 spiro atoms. The fourth-order valence-corrected chi connectivity index (χ4v) is 4.28. The van der Waals surface area contributed by atoms with Crippen LogP contribution in [-0.4, -0.2) is 54.7 Å². The first-order chi connectivity index (χ1) is 11.4. The molecule has 0 bridgehead atoms. The van der Waals surface area contributed by atoms with Crippen LogP contribution in [0.5, 0.6) is 5.88 Å². The lowest BCUT2D eigenvalue weighted by atomic mass is 9.83. The molecule has 134 valence electrons. The van der Waals surface area contributed by atoms with Crippen LogP contribution in [0.1, 0.15) is 40.0 Å². The van der Waals surface area contributed by atoms with Crippen molar-refractivity contribution in [3.63, 3.8) is 0 Å². The molecule has 0 amide bonds. The number of hydrogen-bond donors (Lipinski definition) is 0. The Morgan fingerprint density at radius 3 is 2.46 bits per heavy atom. The first kappa shape index (κ1) is 17.5. The van der Waals surface area contributed by atoms with E-state index < -0.39 is 0 Å². The molecule has 0 aliphatic carbocycles. The lowest BCUT2D eigenvalue weighted by Crippen LogP contribution is -2.38. The van der Waals surface area contributed by atoms with E-state index in [1.807, 2.05) is 6.07 Å². The van der Waals surface area contributed by atoms with Crippen molar-refractivity contribution in [2.75, 3.05) is 44.7 Å². The van der Waals surface area contributed by atoms with Gasteiger partial charge in [-0.25, -0.2) is 9.97 Å². The van der Waals surface area contributed by atoms with Gasteiger partial charge in [0, 0.05) is 32.2 Å². The molecule has 1 aromatic heterocycles. The normalized spacial score (nSPS) is 23.7. The van der Waals surface area contributed by atoms with Crippen molar-refractivity contribution in [1.29, 1.82) is 0 Å². The van der Waals surface area contributed by atoms with Crippen LogP contribution in [0.25, 0.3) is 0 Å². The molecule has 5 heteroatoms. The molecule has 24 heavy (non-hydrogen) atoms. The van der Waals surface area contributed by atoms with E-state index in [4.69, 9.17) is 4.74 Å². The van der Waals surface area contributed by atoms with E-state index in [1.54, 1.807) is 13.4 Å². The Balaban J connectivity index is 1.50. The molecule has 2 saturated heterocycles. The van der Waals surface area contributed by atoms with Crippen LogP contribution >= 0.6 is 0 Å². The zero-order chi connectivity index (χ0) is 17.2. The second-order valence-corrected chi connectivity index (χ2v) is 8.59. The van der Waals surface area contributed by atoms with Gasteiger partial charge in [0.25, 0.3) is 0 Å². The maximum atomic E-state index is 5.22. The molecule has 2 aliphatic rings. The molecular weight excluding hydrogens is 300 g/mol. The first-order valence-electron chi connectivity index (χ1n) is 9.28. The van der Waals surface area contributed by atoms with Crippen molar-refractivity contribution < 1.29 is 4.74 Å². The zero-order valence-electron chi connectivity index (χ0n) is 15.7. The summed E-state index contributed by atoms with van der Waals surface area (Å²) < 4.78 is 5.22. The Labute approximate surface area is 146 Å². The average Bonchev–Trinajstić information content (AvgIpc) is 3.01. The van der Waals surface area contributed by atoms with E-state index in [-0.39, 0.29) is 0 Å². The molecule has 2 fully saturated rings. The number of methoxy groups -OCH3 is 1. The Morgan fingerprint density at radius 1 is 1.08 bits per heavy atom. The topological polar surface area (TPSA) is 41.5 Å². The van der Waals surface area contributed by atoms with Crippen LogP contribution in [0, 0.1) is 17.3 Å². The Morgan fingerprint density at radius 2 is 1.79 bits per heavy atom. The summed E-state index contributed by atoms with van der Waals surface area (Å²) in [4.78, 5) is 13.6. The fraction of sp³-hybridized carbons (Fsp3) is 0.789. The molecular formula is C19H32N4O. The number of rotatable bonds is 4. The molecule has 3 rings (SSSR count). The largest absolute Gasteiger partial charge is 0.481 e. The van der Waals surface area contributed by atoms with Crippen molar-refractivity contribution in [3.05, 3.63) is 12.4 Å². The van der Waals surface area contributed by atoms with Gasteiger partial charge in [-0.3, -0.25) is 0 Å². The minimum Gasteiger partial charge on any atom is -0.481 e. The van der Waals surface area contributed by atoms with Crippen molar-refractivity contribution in [3.8, 4) is 5.88 Å². The lowest BCUT2D eigenvalue weighted by Gasteiger charge is -2.35. The van der Waals surface area contributed by atoms with Crippen molar-refractivity contribution in [2.45, 2.75) is 40.0 Å². The summed E-state index contributed by atoms with van der Waals surface area (Å²) in [5.74, 6) is 3.40. The van der Waals surface area contributed by atoms with Crippen molar-refractivity contribution >= 4 is 5.82 Å². The van der Waals surface area contributed by atoms with Crippen LogP contribution in [0.15, 0.2) is 12.4 Å². The van der Waals surface area contributed by atoms with E-state index in [9.17, 15) is 0 Å². The molecule has 0 radical (unpaired) electrons. The molecule has 1 atom stereocenters. The minimum atomic E-state index is 0.407.